The van der Waals surface area contributed by atoms with Gasteiger partial charge in [0.15, 0.2) is 0 Å². The molecule has 2 rings (SSSR count). The summed E-state index contributed by atoms with van der Waals surface area (Å²) in [6.07, 6.45) is 3.38. The fourth-order valence-corrected chi connectivity index (χ4v) is 1.88. The summed E-state index contributed by atoms with van der Waals surface area (Å²) >= 11 is 0. The van der Waals surface area contributed by atoms with Crippen LogP contribution in [0.5, 0.6) is 5.75 Å². The topological polar surface area (TPSA) is 44.5 Å². The molecule has 0 bridgehead atoms. The van der Waals surface area contributed by atoms with E-state index in [2.05, 4.69) is 12.1 Å². The molecular formula is C13H19NO2. The minimum atomic E-state index is 0.367. The lowest BCUT2D eigenvalue weighted by atomic mass is 9.90. The maximum absolute atomic E-state index is 5.70. The van der Waals surface area contributed by atoms with Crippen LogP contribution in [-0.4, -0.2) is 25.9 Å². The Morgan fingerprint density at radius 2 is 1.94 bits per heavy atom. The smallest absolute Gasteiger partial charge is 0.118 e. The Morgan fingerprint density at radius 1 is 1.25 bits per heavy atom. The molecule has 0 atom stereocenters. The molecular weight excluding hydrogens is 202 g/mol. The van der Waals surface area contributed by atoms with E-state index in [9.17, 15) is 0 Å². The van der Waals surface area contributed by atoms with Crippen molar-refractivity contribution >= 4 is 0 Å². The van der Waals surface area contributed by atoms with Gasteiger partial charge in [-0.15, -0.1) is 0 Å². The number of hydrogen-bond acceptors (Lipinski definition) is 3. The van der Waals surface area contributed by atoms with Gasteiger partial charge in [0.05, 0.1) is 19.8 Å². The summed E-state index contributed by atoms with van der Waals surface area (Å²) < 4.78 is 10.8. The molecule has 2 N–H and O–H groups in total. The summed E-state index contributed by atoms with van der Waals surface area (Å²) in [5.74, 6) is 0.898. The van der Waals surface area contributed by atoms with Crippen molar-refractivity contribution in [1.29, 1.82) is 0 Å². The molecule has 1 saturated carbocycles. The van der Waals surface area contributed by atoms with Gasteiger partial charge in [-0.25, -0.2) is 0 Å². The summed E-state index contributed by atoms with van der Waals surface area (Å²) in [7, 11) is 1.68. The summed E-state index contributed by atoms with van der Waals surface area (Å²) in [4.78, 5) is 0. The fraction of sp³-hybridized carbons (Fsp3) is 0.538. The molecule has 0 radical (unpaired) electrons. The van der Waals surface area contributed by atoms with Crippen molar-refractivity contribution in [2.75, 3.05) is 13.7 Å². The number of hydrogen-bond donors (Lipinski definition) is 1. The zero-order chi connectivity index (χ0) is 11.4. The molecule has 1 fully saturated rings. The molecule has 0 heterocycles. The Morgan fingerprint density at radius 3 is 2.50 bits per heavy atom. The van der Waals surface area contributed by atoms with Gasteiger partial charge in [-0.05, 0) is 37.0 Å². The molecule has 0 spiro atoms. The molecule has 1 aliphatic carbocycles. The molecule has 1 aromatic carbocycles. The molecule has 0 unspecified atom stereocenters. The van der Waals surface area contributed by atoms with Gasteiger partial charge in [0.2, 0.25) is 0 Å². The normalized spacial score (nSPS) is 23.9. The lowest BCUT2D eigenvalue weighted by Gasteiger charge is -2.32. The van der Waals surface area contributed by atoms with Crippen LogP contribution in [0.25, 0.3) is 0 Å². The van der Waals surface area contributed by atoms with Crippen molar-refractivity contribution in [3.05, 3.63) is 29.8 Å². The van der Waals surface area contributed by atoms with Crippen LogP contribution >= 0.6 is 0 Å². The quantitative estimate of drug-likeness (QED) is 0.823. The van der Waals surface area contributed by atoms with Gasteiger partial charge in [0.1, 0.15) is 5.75 Å². The second-order valence-corrected chi connectivity index (χ2v) is 4.32. The molecule has 0 aliphatic heterocycles. The molecule has 0 aromatic heterocycles. The van der Waals surface area contributed by atoms with Crippen molar-refractivity contribution in [2.45, 2.75) is 31.4 Å². The van der Waals surface area contributed by atoms with Crippen LogP contribution in [0.1, 0.15) is 18.4 Å². The Kier molecular flexibility index (Phi) is 3.80. The first-order chi connectivity index (χ1) is 7.78. The van der Waals surface area contributed by atoms with E-state index < -0.39 is 0 Å². The van der Waals surface area contributed by atoms with E-state index in [-0.39, 0.29) is 0 Å². The minimum Gasteiger partial charge on any atom is -0.497 e. The van der Waals surface area contributed by atoms with Gasteiger partial charge in [0.25, 0.3) is 0 Å². The van der Waals surface area contributed by atoms with Crippen molar-refractivity contribution in [2.24, 2.45) is 5.73 Å². The maximum Gasteiger partial charge on any atom is 0.118 e. The van der Waals surface area contributed by atoms with Crippen LogP contribution in [0.4, 0.5) is 0 Å². The van der Waals surface area contributed by atoms with E-state index in [0.717, 1.165) is 31.6 Å². The first-order valence-corrected chi connectivity index (χ1v) is 5.78. The minimum absolute atomic E-state index is 0.367. The Balaban J connectivity index is 1.68. The predicted octanol–water partition coefficient (Wildman–Crippen LogP) is 1.74. The zero-order valence-corrected chi connectivity index (χ0v) is 9.69. The Bertz CT molecular complexity index is 317. The third-order valence-electron chi connectivity index (χ3n) is 3.03. The monoisotopic (exact) mass is 221 g/mol. The van der Waals surface area contributed by atoms with Crippen LogP contribution in [-0.2, 0) is 11.2 Å². The van der Waals surface area contributed by atoms with Crippen LogP contribution < -0.4 is 10.5 Å². The van der Waals surface area contributed by atoms with Gasteiger partial charge >= 0.3 is 0 Å². The van der Waals surface area contributed by atoms with E-state index in [1.165, 1.54) is 5.56 Å². The van der Waals surface area contributed by atoms with Crippen molar-refractivity contribution < 1.29 is 9.47 Å². The largest absolute Gasteiger partial charge is 0.497 e. The molecule has 88 valence electrons. The number of rotatable bonds is 5. The number of ether oxygens (including phenoxy) is 2. The van der Waals surface area contributed by atoms with E-state index in [0.29, 0.717) is 12.1 Å². The molecule has 3 nitrogen and oxygen atoms in total. The van der Waals surface area contributed by atoms with Crippen LogP contribution in [0.15, 0.2) is 24.3 Å². The third-order valence-corrected chi connectivity index (χ3v) is 3.03. The lowest BCUT2D eigenvalue weighted by molar-refractivity contribution is -0.00662. The highest BCUT2D eigenvalue weighted by molar-refractivity contribution is 5.27. The molecule has 1 aliphatic rings. The molecule has 16 heavy (non-hydrogen) atoms. The third kappa shape index (κ3) is 2.97. The van der Waals surface area contributed by atoms with Gasteiger partial charge in [-0.3, -0.25) is 0 Å². The van der Waals surface area contributed by atoms with Crippen LogP contribution in [0.3, 0.4) is 0 Å². The summed E-state index contributed by atoms with van der Waals surface area (Å²) in [5, 5.41) is 0. The van der Waals surface area contributed by atoms with E-state index in [1.54, 1.807) is 7.11 Å². The lowest BCUT2D eigenvalue weighted by Crippen LogP contribution is -2.41. The van der Waals surface area contributed by atoms with Gasteiger partial charge in [-0.1, -0.05) is 12.1 Å². The number of benzene rings is 1. The van der Waals surface area contributed by atoms with Crippen molar-refractivity contribution in [3.8, 4) is 5.75 Å². The SMILES string of the molecule is COc1ccc(CCOC2CC(N)C2)cc1. The highest BCUT2D eigenvalue weighted by Gasteiger charge is 2.26. The van der Waals surface area contributed by atoms with Crippen LogP contribution in [0.2, 0.25) is 0 Å². The van der Waals surface area contributed by atoms with Crippen molar-refractivity contribution in [1.82, 2.24) is 0 Å². The van der Waals surface area contributed by atoms with E-state index in [1.807, 2.05) is 12.1 Å². The second kappa shape index (κ2) is 5.32. The zero-order valence-electron chi connectivity index (χ0n) is 9.69. The Hall–Kier alpha value is -1.06. The summed E-state index contributed by atoms with van der Waals surface area (Å²) in [6, 6.07) is 8.48. The second-order valence-electron chi connectivity index (χ2n) is 4.32. The summed E-state index contributed by atoms with van der Waals surface area (Å²) in [5.41, 5.74) is 6.97. The van der Waals surface area contributed by atoms with Gasteiger partial charge in [0, 0.05) is 6.04 Å². The average molecular weight is 221 g/mol. The fourth-order valence-electron chi connectivity index (χ4n) is 1.88. The van der Waals surface area contributed by atoms with Gasteiger partial charge in [-0.2, -0.15) is 0 Å². The Labute approximate surface area is 96.5 Å². The molecule has 0 saturated heterocycles. The standard InChI is InChI=1S/C13H19NO2/c1-15-12-4-2-10(3-5-12)6-7-16-13-8-11(14)9-13/h2-5,11,13H,6-9,14H2,1H3. The number of nitrogens with two attached hydrogens (primary N) is 1. The van der Waals surface area contributed by atoms with Crippen LogP contribution in [0, 0.1) is 0 Å². The van der Waals surface area contributed by atoms with E-state index >= 15 is 0 Å². The maximum atomic E-state index is 5.70. The average Bonchev–Trinajstić information content (AvgIpc) is 2.27. The molecule has 0 amide bonds. The predicted molar refractivity (Wildman–Crippen MR) is 63.6 cm³/mol. The molecule has 1 aromatic rings. The summed E-state index contributed by atoms with van der Waals surface area (Å²) in [6.45, 7) is 0.781. The highest BCUT2D eigenvalue weighted by atomic mass is 16.5. The highest BCUT2D eigenvalue weighted by Crippen LogP contribution is 2.21. The van der Waals surface area contributed by atoms with Gasteiger partial charge < -0.3 is 15.2 Å². The van der Waals surface area contributed by atoms with Crippen molar-refractivity contribution in [3.63, 3.8) is 0 Å². The van der Waals surface area contributed by atoms with E-state index in [4.69, 9.17) is 15.2 Å². The number of methoxy groups -OCH3 is 1. The first-order valence-electron chi connectivity index (χ1n) is 5.78. The first kappa shape index (κ1) is 11.4. The molecule has 3 heteroatoms.